The Labute approximate surface area is 115 Å². The normalized spacial score (nSPS) is 19.5. The summed E-state index contributed by atoms with van der Waals surface area (Å²) in [5, 5.41) is 0.722. The van der Waals surface area contributed by atoms with Gasteiger partial charge in [-0.05, 0) is 7.05 Å². The zero-order valence-electron chi connectivity index (χ0n) is 10.8. The lowest BCUT2D eigenvalue weighted by Crippen LogP contribution is -2.48. The van der Waals surface area contributed by atoms with Gasteiger partial charge >= 0.3 is 0 Å². The first-order valence-electron chi connectivity index (χ1n) is 6.37. The van der Waals surface area contributed by atoms with E-state index in [4.69, 9.17) is 0 Å². The van der Waals surface area contributed by atoms with Crippen LogP contribution in [0.1, 0.15) is 10.4 Å². The molecular weight excluding hydrogens is 264 g/mol. The van der Waals surface area contributed by atoms with Crippen LogP contribution in [0.3, 0.4) is 0 Å². The molecule has 2 aliphatic heterocycles. The van der Waals surface area contributed by atoms with E-state index in [1.54, 1.807) is 21.2 Å². The van der Waals surface area contributed by atoms with Crippen molar-refractivity contribution in [2.75, 3.05) is 39.0 Å². The highest BCUT2D eigenvalue weighted by Gasteiger charge is 2.25. The molecule has 0 N–H and O–H groups in total. The van der Waals surface area contributed by atoms with E-state index in [9.17, 15) is 9.59 Å². The summed E-state index contributed by atoms with van der Waals surface area (Å²) in [5.41, 5.74) is 0.00901. The van der Waals surface area contributed by atoms with E-state index < -0.39 is 0 Å². The van der Waals surface area contributed by atoms with Gasteiger partial charge in [0.15, 0.2) is 5.16 Å². The smallest absolute Gasteiger partial charge is 0.267 e. The quantitative estimate of drug-likeness (QED) is 0.663. The van der Waals surface area contributed by atoms with E-state index in [-0.39, 0.29) is 17.0 Å². The fourth-order valence-electron chi connectivity index (χ4n) is 2.34. The molecule has 0 aromatic carbocycles. The largest absolute Gasteiger partial charge is 0.336 e. The van der Waals surface area contributed by atoms with Crippen molar-refractivity contribution in [1.29, 1.82) is 0 Å². The summed E-state index contributed by atoms with van der Waals surface area (Å²) in [7, 11) is 2.03. The van der Waals surface area contributed by atoms with E-state index >= 15 is 0 Å². The second-order valence-corrected chi connectivity index (χ2v) is 5.92. The molecule has 1 saturated heterocycles. The average molecular weight is 280 g/mol. The van der Waals surface area contributed by atoms with Crippen LogP contribution in [-0.4, -0.2) is 64.2 Å². The van der Waals surface area contributed by atoms with Crippen molar-refractivity contribution < 1.29 is 4.79 Å². The number of nitrogens with zero attached hydrogens (tertiary/aromatic N) is 4. The molecule has 1 amide bonds. The van der Waals surface area contributed by atoms with Gasteiger partial charge in [-0.15, -0.1) is 0 Å². The Morgan fingerprint density at radius 3 is 2.74 bits per heavy atom. The van der Waals surface area contributed by atoms with E-state index in [2.05, 4.69) is 9.88 Å². The van der Waals surface area contributed by atoms with E-state index in [0.717, 1.165) is 24.0 Å². The van der Waals surface area contributed by atoms with Crippen LogP contribution in [0.2, 0.25) is 0 Å². The average Bonchev–Trinajstić information content (AvgIpc) is 2.88. The third kappa shape index (κ3) is 2.28. The van der Waals surface area contributed by atoms with Crippen LogP contribution in [0, 0.1) is 0 Å². The Kier molecular flexibility index (Phi) is 3.32. The zero-order valence-corrected chi connectivity index (χ0v) is 11.7. The molecule has 3 heterocycles. The van der Waals surface area contributed by atoms with Crippen molar-refractivity contribution in [3.05, 3.63) is 22.1 Å². The summed E-state index contributed by atoms with van der Waals surface area (Å²) in [4.78, 5) is 32.8. The highest BCUT2D eigenvalue weighted by molar-refractivity contribution is 7.99. The lowest BCUT2D eigenvalue weighted by molar-refractivity contribution is 0.0660. The van der Waals surface area contributed by atoms with Gasteiger partial charge in [0.25, 0.3) is 11.5 Å². The topological polar surface area (TPSA) is 58.4 Å². The van der Waals surface area contributed by atoms with Gasteiger partial charge in [-0.1, -0.05) is 11.8 Å². The first-order chi connectivity index (χ1) is 9.16. The van der Waals surface area contributed by atoms with Gasteiger partial charge in [0.1, 0.15) is 5.56 Å². The molecule has 0 saturated carbocycles. The van der Waals surface area contributed by atoms with Crippen LogP contribution < -0.4 is 5.56 Å². The molecule has 0 spiro atoms. The van der Waals surface area contributed by atoms with Crippen LogP contribution in [0.15, 0.2) is 16.1 Å². The Balaban J connectivity index is 1.86. The van der Waals surface area contributed by atoms with Gasteiger partial charge in [-0.25, -0.2) is 4.98 Å². The summed E-state index contributed by atoms with van der Waals surface area (Å²) >= 11 is 1.56. The minimum absolute atomic E-state index is 0.183. The second kappa shape index (κ2) is 4.97. The fraction of sp³-hybridized carbons (Fsp3) is 0.583. The number of carbonyl (C=O) groups is 1. The van der Waals surface area contributed by atoms with Crippen LogP contribution in [-0.2, 0) is 6.54 Å². The van der Waals surface area contributed by atoms with Crippen LogP contribution in [0.25, 0.3) is 0 Å². The molecule has 19 heavy (non-hydrogen) atoms. The monoisotopic (exact) mass is 280 g/mol. The predicted molar refractivity (Wildman–Crippen MR) is 72.6 cm³/mol. The third-order valence-corrected chi connectivity index (χ3v) is 4.55. The number of thioether (sulfide) groups is 1. The summed E-state index contributed by atoms with van der Waals surface area (Å²) in [5.74, 6) is 0.673. The van der Waals surface area contributed by atoms with Crippen LogP contribution >= 0.6 is 11.8 Å². The molecule has 102 valence electrons. The Bertz CT molecular complexity index is 563. The van der Waals surface area contributed by atoms with Crippen molar-refractivity contribution >= 4 is 17.7 Å². The van der Waals surface area contributed by atoms with Gasteiger partial charge < -0.3 is 9.80 Å². The fourth-order valence-corrected chi connectivity index (χ4v) is 3.26. The van der Waals surface area contributed by atoms with Crippen molar-refractivity contribution in [2.45, 2.75) is 11.7 Å². The first-order valence-corrected chi connectivity index (χ1v) is 7.36. The standard InChI is InChI=1S/C12H16N4O2S/c1-14-2-4-15(5-3-14)10(17)9-8-13-12-16(11(9)18)6-7-19-12/h8H,2-7H2,1H3. The predicted octanol–water partition coefficient (Wildman–Crippen LogP) is -0.263. The molecule has 0 radical (unpaired) electrons. The molecule has 7 heteroatoms. The van der Waals surface area contributed by atoms with E-state index in [1.165, 1.54) is 6.20 Å². The summed E-state index contributed by atoms with van der Waals surface area (Å²) < 4.78 is 1.61. The minimum Gasteiger partial charge on any atom is -0.336 e. The molecule has 6 nitrogen and oxygen atoms in total. The molecule has 2 aliphatic rings. The van der Waals surface area contributed by atoms with Gasteiger partial charge in [0.05, 0.1) is 0 Å². The molecule has 0 atom stereocenters. The maximum absolute atomic E-state index is 12.4. The number of carbonyl (C=O) groups excluding carboxylic acids is 1. The number of fused-ring (bicyclic) bond motifs is 1. The maximum atomic E-state index is 12.4. The van der Waals surface area contributed by atoms with Gasteiger partial charge in [0.2, 0.25) is 0 Å². The second-order valence-electron chi connectivity index (χ2n) is 4.86. The number of hydrogen-bond donors (Lipinski definition) is 0. The highest BCUT2D eigenvalue weighted by atomic mass is 32.2. The van der Waals surface area contributed by atoms with Gasteiger partial charge in [-0.2, -0.15) is 0 Å². The van der Waals surface area contributed by atoms with Crippen molar-refractivity contribution in [3.63, 3.8) is 0 Å². The number of piperazine rings is 1. The van der Waals surface area contributed by atoms with Crippen LogP contribution in [0.4, 0.5) is 0 Å². The first kappa shape index (κ1) is 12.7. The SMILES string of the molecule is CN1CCN(C(=O)c2cnc3n(c2=O)CCS3)CC1. The Morgan fingerprint density at radius 1 is 1.26 bits per heavy atom. The van der Waals surface area contributed by atoms with Gasteiger partial charge in [-0.3, -0.25) is 14.2 Å². The van der Waals surface area contributed by atoms with Gasteiger partial charge in [0, 0.05) is 44.7 Å². The molecule has 3 rings (SSSR count). The summed E-state index contributed by atoms with van der Waals surface area (Å²) in [6.45, 7) is 3.69. The summed E-state index contributed by atoms with van der Waals surface area (Å²) in [6.07, 6.45) is 1.44. The number of amides is 1. The lowest BCUT2D eigenvalue weighted by atomic mass is 10.2. The number of hydrogen-bond acceptors (Lipinski definition) is 5. The van der Waals surface area contributed by atoms with E-state index in [1.807, 2.05) is 7.05 Å². The highest BCUT2D eigenvalue weighted by Crippen LogP contribution is 2.20. The molecule has 0 unspecified atom stereocenters. The zero-order chi connectivity index (χ0) is 13.4. The molecular formula is C12H16N4O2S. The minimum atomic E-state index is -0.195. The molecule has 1 aromatic heterocycles. The molecule has 0 aliphatic carbocycles. The van der Waals surface area contributed by atoms with Crippen molar-refractivity contribution in [1.82, 2.24) is 19.4 Å². The number of aromatic nitrogens is 2. The number of rotatable bonds is 1. The molecule has 1 aromatic rings. The van der Waals surface area contributed by atoms with Crippen molar-refractivity contribution in [2.24, 2.45) is 0 Å². The molecule has 1 fully saturated rings. The van der Waals surface area contributed by atoms with E-state index in [0.29, 0.717) is 19.6 Å². The Hall–Kier alpha value is -1.34. The lowest BCUT2D eigenvalue weighted by Gasteiger charge is -2.32. The van der Waals surface area contributed by atoms with Crippen LogP contribution in [0.5, 0.6) is 0 Å². The third-order valence-electron chi connectivity index (χ3n) is 3.58. The summed E-state index contributed by atoms with van der Waals surface area (Å²) in [6, 6.07) is 0. The molecule has 0 bridgehead atoms. The maximum Gasteiger partial charge on any atom is 0.267 e. The Morgan fingerprint density at radius 2 is 2.00 bits per heavy atom. The van der Waals surface area contributed by atoms with Crippen molar-refractivity contribution in [3.8, 4) is 0 Å². The number of likely N-dealkylation sites (N-methyl/N-ethyl adjacent to an activating group) is 1.